The van der Waals surface area contributed by atoms with Gasteiger partial charge in [0, 0.05) is 38.4 Å². The number of rotatable bonds is 5. The molecule has 0 saturated carbocycles. The molecule has 0 aliphatic carbocycles. The van der Waals surface area contributed by atoms with Crippen LogP contribution in [0.4, 0.5) is 10.5 Å². The molecule has 1 aliphatic heterocycles. The molecule has 4 heteroatoms. The Kier molecular flexibility index (Phi) is 5.48. The summed E-state index contributed by atoms with van der Waals surface area (Å²) in [6.45, 7) is 10.5. The van der Waals surface area contributed by atoms with Crippen molar-refractivity contribution in [3.63, 3.8) is 0 Å². The Morgan fingerprint density at radius 3 is 2.57 bits per heavy atom. The van der Waals surface area contributed by atoms with Gasteiger partial charge in [-0.25, -0.2) is 4.79 Å². The number of hydrogen-bond acceptors (Lipinski definition) is 2. The van der Waals surface area contributed by atoms with Crippen molar-refractivity contribution in [2.24, 2.45) is 5.92 Å². The first kappa shape index (κ1) is 15.7. The fourth-order valence-corrected chi connectivity index (χ4v) is 2.84. The standard InChI is InChI=1S/C17H27N3O/c1-4-19(5-2)17(21)18-12-15-10-11-20(13-15)16-8-6-14(3)7-9-16/h6-9,15H,4-5,10-13H2,1-3H3,(H,18,21). The third-order valence-electron chi connectivity index (χ3n) is 4.28. The number of carbonyl (C=O) groups excluding carboxylic acids is 1. The van der Waals surface area contributed by atoms with E-state index in [1.54, 1.807) is 0 Å². The van der Waals surface area contributed by atoms with E-state index in [4.69, 9.17) is 0 Å². The molecule has 1 N–H and O–H groups in total. The van der Waals surface area contributed by atoms with Crippen LogP contribution in [0.25, 0.3) is 0 Å². The largest absolute Gasteiger partial charge is 0.371 e. The minimum Gasteiger partial charge on any atom is -0.371 e. The van der Waals surface area contributed by atoms with Gasteiger partial charge in [0.15, 0.2) is 0 Å². The zero-order valence-electron chi connectivity index (χ0n) is 13.4. The lowest BCUT2D eigenvalue weighted by Crippen LogP contribution is -2.42. The molecule has 0 radical (unpaired) electrons. The van der Waals surface area contributed by atoms with Crippen molar-refractivity contribution in [1.82, 2.24) is 10.2 Å². The first-order chi connectivity index (χ1) is 10.1. The second-order valence-electron chi connectivity index (χ2n) is 5.79. The summed E-state index contributed by atoms with van der Waals surface area (Å²) in [4.78, 5) is 16.2. The Balaban J connectivity index is 1.80. The maximum atomic E-state index is 12.0. The molecule has 4 nitrogen and oxygen atoms in total. The van der Waals surface area contributed by atoms with E-state index in [9.17, 15) is 4.79 Å². The van der Waals surface area contributed by atoms with E-state index in [1.165, 1.54) is 11.3 Å². The zero-order valence-corrected chi connectivity index (χ0v) is 13.4. The Labute approximate surface area is 128 Å². The summed E-state index contributed by atoms with van der Waals surface area (Å²) in [7, 11) is 0. The second-order valence-corrected chi connectivity index (χ2v) is 5.79. The van der Waals surface area contributed by atoms with Gasteiger partial charge in [-0.15, -0.1) is 0 Å². The molecule has 116 valence electrons. The molecule has 1 aliphatic rings. The van der Waals surface area contributed by atoms with E-state index in [0.717, 1.165) is 39.1 Å². The summed E-state index contributed by atoms with van der Waals surface area (Å²) >= 11 is 0. The topological polar surface area (TPSA) is 35.6 Å². The summed E-state index contributed by atoms with van der Waals surface area (Å²) in [5.74, 6) is 0.547. The number of urea groups is 1. The highest BCUT2D eigenvalue weighted by molar-refractivity contribution is 5.74. The number of hydrogen-bond donors (Lipinski definition) is 1. The molecule has 1 saturated heterocycles. The van der Waals surface area contributed by atoms with Crippen LogP contribution >= 0.6 is 0 Å². The highest BCUT2D eigenvalue weighted by Crippen LogP contribution is 2.23. The first-order valence-corrected chi connectivity index (χ1v) is 7.98. The average Bonchev–Trinajstić information content (AvgIpc) is 2.96. The SMILES string of the molecule is CCN(CC)C(=O)NCC1CCN(c2ccc(C)cc2)C1. The fraction of sp³-hybridized carbons (Fsp3) is 0.588. The van der Waals surface area contributed by atoms with Crippen LogP contribution < -0.4 is 10.2 Å². The Hall–Kier alpha value is -1.71. The molecule has 2 amide bonds. The number of benzene rings is 1. The third kappa shape index (κ3) is 4.13. The predicted molar refractivity (Wildman–Crippen MR) is 87.8 cm³/mol. The summed E-state index contributed by atoms with van der Waals surface area (Å²) < 4.78 is 0. The predicted octanol–water partition coefficient (Wildman–Crippen LogP) is 2.87. The lowest BCUT2D eigenvalue weighted by atomic mass is 10.1. The molecule has 1 heterocycles. The van der Waals surface area contributed by atoms with Gasteiger partial charge in [0.05, 0.1) is 0 Å². The van der Waals surface area contributed by atoms with Crippen LogP contribution in [0.15, 0.2) is 24.3 Å². The van der Waals surface area contributed by atoms with Crippen LogP contribution in [0, 0.1) is 12.8 Å². The molecule has 2 rings (SSSR count). The van der Waals surface area contributed by atoms with E-state index in [0.29, 0.717) is 5.92 Å². The summed E-state index contributed by atoms with van der Waals surface area (Å²) in [6, 6.07) is 8.75. The molecule has 1 aromatic carbocycles. The van der Waals surface area contributed by atoms with Crippen LogP contribution in [0.1, 0.15) is 25.8 Å². The van der Waals surface area contributed by atoms with Crippen LogP contribution in [0.2, 0.25) is 0 Å². The molecule has 1 atom stereocenters. The van der Waals surface area contributed by atoms with Crippen molar-refractivity contribution in [2.45, 2.75) is 27.2 Å². The van der Waals surface area contributed by atoms with Gasteiger partial charge < -0.3 is 15.1 Å². The molecule has 1 fully saturated rings. The van der Waals surface area contributed by atoms with E-state index >= 15 is 0 Å². The van der Waals surface area contributed by atoms with Crippen molar-refractivity contribution in [1.29, 1.82) is 0 Å². The number of carbonyl (C=O) groups is 1. The van der Waals surface area contributed by atoms with E-state index < -0.39 is 0 Å². The van der Waals surface area contributed by atoms with Gasteiger partial charge in [-0.3, -0.25) is 0 Å². The second kappa shape index (κ2) is 7.34. The Morgan fingerprint density at radius 2 is 1.95 bits per heavy atom. The van der Waals surface area contributed by atoms with Gasteiger partial charge in [0.1, 0.15) is 0 Å². The van der Waals surface area contributed by atoms with Gasteiger partial charge in [0.25, 0.3) is 0 Å². The third-order valence-corrected chi connectivity index (χ3v) is 4.28. The van der Waals surface area contributed by atoms with Crippen LogP contribution in [-0.2, 0) is 0 Å². The van der Waals surface area contributed by atoms with Crippen molar-refractivity contribution in [3.05, 3.63) is 29.8 Å². The molecular formula is C17H27N3O. The van der Waals surface area contributed by atoms with Gasteiger partial charge in [0.2, 0.25) is 0 Å². The average molecular weight is 289 g/mol. The van der Waals surface area contributed by atoms with Crippen molar-refractivity contribution in [2.75, 3.05) is 37.6 Å². The zero-order chi connectivity index (χ0) is 15.2. The van der Waals surface area contributed by atoms with Gasteiger partial charge >= 0.3 is 6.03 Å². The van der Waals surface area contributed by atoms with Crippen molar-refractivity contribution < 1.29 is 4.79 Å². The monoisotopic (exact) mass is 289 g/mol. The molecule has 21 heavy (non-hydrogen) atoms. The molecule has 1 unspecified atom stereocenters. The number of nitrogens with one attached hydrogen (secondary N) is 1. The highest BCUT2D eigenvalue weighted by Gasteiger charge is 2.23. The smallest absolute Gasteiger partial charge is 0.317 e. The highest BCUT2D eigenvalue weighted by atomic mass is 16.2. The summed E-state index contributed by atoms with van der Waals surface area (Å²) in [5.41, 5.74) is 2.58. The Morgan fingerprint density at radius 1 is 1.29 bits per heavy atom. The molecule has 0 bridgehead atoms. The van der Waals surface area contributed by atoms with Crippen LogP contribution in [0.3, 0.4) is 0 Å². The fourth-order valence-electron chi connectivity index (χ4n) is 2.84. The van der Waals surface area contributed by atoms with Crippen molar-refractivity contribution in [3.8, 4) is 0 Å². The normalized spacial score (nSPS) is 17.9. The van der Waals surface area contributed by atoms with Gasteiger partial charge in [-0.1, -0.05) is 17.7 Å². The number of nitrogens with zero attached hydrogens (tertiary/aromatic N) is 2. The lowest BCUT2D eigenvalue weighted by Gasteiger charge is -2.21. The maximum absolute atomic E-state index is 12.0. The number of amides is 2. The van der Waals surface area contributed by atoms with E-state index in [-0.39, 0.29) is 6.03 Å². The van der Waals surface area contributed by atoms with Crippen LogP contribution in [-0.4, -0.2) is 43.7 Å². The molecule has 0 aromatic heterocycles. The van der Waals surface area contributed by atoms with Crippen molar-refractivity contribution >= 4 is 11.7 Å². The minimum absolute atomic E-state index is 0.0637. The molecule has 0 spiro atoms. The summed E-state index contributed by atoms with van der Waals surface area (Å²) in [6.07, 6.45) is 1.15. The maximum Gasteiger partial charge on any atom is 0.317 e. The van der Waals surface area contributed by atoms with E-state index in [1.807, 2.05) is 18.7 Å². The van der Waals surface area contributed by atoms with Gasteiger partial charge in [-0.05, 0) is 45.2 Å². The van der Waals surface area contributed by atoms with Gasteiger partial charge in [-0.2, -0.15) is 0 Å². The van der Waals surface area contributed by atoms with Crippen LogP contribution in [0.5, 0.6) is 0 Å². The summed E-state index contributed by atoms with van der Waals surface area (Å²) in [5, 5.41) is 3.07. The first-order valence-electron chi connectivity index (χ1n) is 7.98. The quantitative estimate of drug-likeness (QED) is 0.904. The lowest BCUT2D eigenvalue weighted by molar-refractivity contribution is 0.201. The molecule has 1 aromatic rings. The minimum atomic E-state index is 0.0637. The number of anilines is 1. The number of aryl methyl sites for hydroxylation is 1. The van der Waals surface area contributed by atoms with E-state index in [2.05, 4.69) is 41.4 Å². The Bertz CT molecular complexity index is 454. The molecular weight excluding hydrogens is 262 g/mol.